The Kier molecular flexibility index (Phi) is 5.91. The Morgan fingerprint density at radius 3 is 2.57 bits per heavy atom. The smallest absolute Gasteiger partial charge is 0.256 e. The number of nitrogens with zero attached hydrogens (tertiary/aromatic N) is 1. The van der Waals surface area contributed by atoms with Gasteiger partial charge in [-0.2, -0.15) is 5.10 Å². The first-order valence-corrected chi connectivity index (χ1v) is 9.01. The normalized spacial score (nSPS) is 16.4. The van der Waals surface area contributed by atoms with Gasteiger partial charge in [0.25, 0.3) is 5.91 Å². The number of hydrogen-bond donors (Lipinski definition) is 3. The van der Waals surface area contributed by atoms with Crippen molar-refractivity contribution in [2.24, 2.45) is 5.92 Å². The molecule has 1 aromatic heterocycles. The molecule has 3 rings (SSSR count). The van der Waals surface area contributed by atoms with E-state index in [9.17, 15) is 18.4 Å². The molecule has 1 fully saturated rings. The van der Waals surface area contributed by atoms with Gasteiger partial charge in [-0.15, -0.1) is 0 Å². The molecule has 1 aromatic carbocycles. The number of H-pyrrole nitrogens is 1. The number of amides is 2. The van der Waals surface area contributed by atoms with Gasteiger partial charge in [0.15, 0.2) is 0 Å². The van der Waals surface area contributed by atoms with E-state index in [1.54, 1.807) is 19.2 Å². The number of alkyl halides is 2. The van der Waals surface area contributed by atoms with Crippen LogP contribution in [-0.2, 0) is 11.3 Å². The van der Waals surface area contributed by atoms with E-state index < -0.39 is 17.7 Å². The minimum atomic E-state index is -2.70. The number of halogens is 2. The molecule has 1 aliphatic carbocycles. The molecule has 2 aromatic rings. The number of rotatable bonds is 6. The van der Waals surface area contributed by atoms with Gasteiger partial charge < -0.3 is 15.4 Å². The molecule has 9 heteroatoms. The maximum absolute atomic E-state index is 13.2. The number of aromatic amines is 1. The summed E-state index contributed by atoms with van der Waals surface area (Å²) in [6, 6.07) is 7.24. The quantitative estimate of drug-likeness (QED) is 0.704. The number of carbonyl (C=O) groups excluding carboxylic acids is 2. The second-order valence-electron chi connectivity index (χ2n) is 6.81. The highest BCUT2D eigenvalue weighted by Crippen LogP contribution is 2.36. The predicted octanol–water partition coefficient (Wildman–Crippen LogP) is 3.11. The molecule has 28 heavy (non-hydrogen) atoms. The van der Waals surface area contributed by atoms with Crippen LogP contribution in [0.3, 0.4) is 0 Å². The molecule has 0 atom stereocenters. The summed E-state index contributed by atoms with van der Waals surface area (Å²) < 4.78 is 31.6. The second kappa shape index (κ2) is 8.37. The summed E-state index contributed by atoms with van der Waals surface area (Å²) in [7, 11) is 1.57. The summed E-state index contributed by atoms with van der Waals surface area (Å²) in [5.41, 5.74) is 1.06. The minimum Gasteiger partial charge on any atom is -0.497 e. The Morgan fingerprint density at radius 1 is 1.25 bits per heavy atom. The maximum Gasteiger partial charge on any atom is 0.256 e. The fourth-order valence-electron chi connectivity index (χ4n) is 3.10. The van der Waals surface area contributed by atoms with Crippen LogP contribution in [-0.4, -0.2) is 35.0 Å². The van der Waals surface area contributed by atoms with E-state index in [1.165, 1.54) is 6.20 Å². The van der Waals surface area contributed by atoms with Gasteiger partial charge in [0.1, 0.15) is 17.1 Å². The number of ether oxygens (including phenoxy) is 1. The summed E-state index contributed by atoms with van der Waals surface area (Å²) in [4.78, 5) is 24.8. The van der Waals surface area contributed by atoms with Crippen LogP contribution in [0.1, 0.15) is 41.6 Å². The first kappa shape index (κ1) is 19.8. The highest BCUT2D eigenvalue weighted by Gasteiger charge is 2.37. The summed E-state index contributed by atoms with van der Waals surface area (Å²) in [5, 5.41) is 11.7. The standard InChI is InChI=1S/C19H22F2N4O3/c1-28-14-4-2-12(3-5-14)10-22-18(27)15-11-23-25-16(15)24-17(26)13-6-8-19(20,21)9-7-13/h2-5,11,13H,6-10H2,1H3,(H,22,27)(H2,23,24,25,26). The third-order valence-electron chi connectivity index (χ3n) is 4.83. The third-order valence-corrected chi connectivity index (χ3v) is 4.83. The largest absolute Gasteiger partial charge is 0.497 e. The van der Waals surface area contributed by atoms with Gasteiger partial charge in [-0.25, -0.2) is 8.78 Å². The van der Waals surface area contributed by atoms with E-state index in [-0.39, 0.29) is 43.0 Å². The monoisotopic (exact) mass is 392 g/mol. The Labute approximate surface area is 160 Å². The molecule has 0 spiro atoms. The Bertz CT molecular complexity index is 826. The van der Waals surface area contributed by atoms with Crippen molar-refractivity contribution in [2.75, 3.05) is 12.4 Å². The van der Waals surface area contributed by atoms with Gasteiger partial charge >= 0.3 is 0 Å². The lowest BCUT2D eigenvalue weighted by molar-refractivity contribution is -0.124. The molecule has 1 aliphatic rings. The molecule has 3 N–H and O–H groups in total. The molecule has 1 saturated carbocycles. The van der Waals surface area contributed by atoms with Crippen LogP contribution in [0.25, 0.3) is 0 Å². The van der Waals surface area contributed by atoms with Crippen LogP contribution in [0, 0.1) is 5.92 Å². The zero-order valence-corrected chi connectivity index (χ0v) is 15.4. The summed E-state index contributed by atoms with van der Waals surface area (Å²) in [6.45, 7) is 0.291. The van der Waals surface area contributed by atoms with Crippen molar-refractivity contribution in [3.8, 4) is 5.75 Å². The Hall–Kier alpha value is -2.97. The molecule has 150 valence electrons. The first-order chi connectivity index (χ1) is 13.4. The molecule has 0 unspecified atom stereocenters. The van der Waals surface area contributed by atoms with Gasteiger partial charge in [-0.1, -0.05) is 12.1 Å². The number of aromatic nitrogens is 2. The third kappa shape index (κ3) is 4.85. The predicted molar refractivity (Wildman–Crippen MR) is 98.3 cm³/mol. The second-order valence-corrected chi connectivity index (χ2v) is 6.81. The van der Waals surface area contributed by atoms with Gasteiger partial charge in [0, 0.05) is 25.3 Å². The van der Waals surface area contributed by atoms with Crippen LogP contribution in [0.15, 0.2) is 30.5 Å². The molecule has 0 radical (unpaired) electrons. The molecular formula is C19H22F2N4O3. The van der Waals surface area contributed by atoms with Crippen molar-refractivity contribution < 1.29 is 23.1 Å². The number of carbonyl (C=O) groups is 2. The van der Waals surface area contributed by atoms with Crippen molar-refractivity contribution in [3.63, 3.8) is 0 Å². The molecule has 7 nitrogen and oxygen atoms in total. The van der Waals surface area contributed by atoms with Crippen LogP contribution in [0.5, 0.6) is 5.75 Å². The Balaban J connectivity index is 1.56. The zero-order chi connectivity index (χ0) is 20.1. The summed E-state index contributed by atoms with van der Waals surface area (Å²) >= 11 is 0. The van der Waals surface area contributed by atoms with E-state index in [4.69, 9.17) is 4.74 Å². The van der Waals surface area contributed by atoms with Crippen LogP contribution >= 0.6 is 0 Å². The average molecular weight is 392 g/mol. The van der Waals surface area contributed by atoms with E-state index >= 15 is 0 Å². The average Bonchev–Trinajstić information content (AvgIpc) is 3.14. The molecular weight excluding hydrogens is 370 g/mol. The fraction of sp³-hybridized carbons (Fsp3) is 0.421. The summed E-state index contributed by atoms with van der Waals surface area (Å²) in [5.74, 6) is -3.11. The van der Waals surface area contributed by atoms with E-state index in [0.717, 1.165) is 11.3 Å². The minimum absolute atomic E-state index is 0.117. The topological polar surface area (TPSA) is 96.1 Å². The zero-order valence-electron chi connectivity index (χ0n) is 15.4. The SMILES string of the molecule is COc1ccc(CNC(=O)c2cn[nH]c2NC(=O)C2CCC(F)(F)CC2)cc1. The summed E-state index contributed by atoms with van der Waals surface area (Å²) in [6.07, 6.45) is 0.943. The first-order valence-electron chi connectivity index (χ1n) is 9.01. The molecule has 1 heterocycles. The van der Waals surface area contributed by atoms with Gasteiger partial charge in [0.05, 0.1) is 13.3 Å². The van der Waals surface area contributed by atoms with Crippen molar-refractivity contribution >= 4 is 17.6 Å². The number of anilines is 1. The fourth-order valence-corrected chi connectivity index (χ4v) is 3.10. The molecule has 0 saturated heterocycles. The van der Waals surface area contributed by atoms with Gasteiger partial charge in [0.2, 0.25) is 11.8 Å². The van der Waals surface area contributed by atoms with Crippen LogP contribution < -0.4 is 15.4 Å². The van der Waals surface area contributed by atoms with E-state index in [1.807, 2.05) is 12.1 Å². The van der Waals surface area contributed by atoms with Gasteiger partial charge in [-0.3, -0.25) is 14.7 Å². The van der Waals surface area contributed by atoms with Gasteiger partial charge in [-0.05, 0) is 30.5 Å². The van der Waals surface area contributed by atoms with Crippen molar-refractivity contribution in [1.29, 1.82) is 0 Å². The molecule has 0 aliphatic heterocycles. The maximum atomic E-state index is 13.2. The van der Waals surface area contributed by atoms with Crippen molar-refractivity contribution in [2.45, 2.75) is 38.2 Å². The molecule has 0 bridgehead atoms. The van der Waals surface area contributed by atoms with E-state index in [0.29, 0.717) is 6.54 Å². The molecule has 2 amide bonds. The van der Waals surface area contributed by atoms with E-state index in [2.05, 4.69) is 20.8 Å². The van der Waals surface area contributed by atoms with Crippen molar-refractivity contribution in [3.05, 3.63) is 41.6 Å². The number of benzene rings is 1. The van der Waals surface area contributed by atoms with Crippen molar-refractivity contribution in [1.82, 2.24) is 15.5 Å². The highest BCUT2D eigenvalue weighted by molar-refractivity contribution is 6.02. The van der Waals surface area contributed by atoms with Crippen LogP contribution in [0.4, 0.5) is 14.6 Å². The lowest BCUT2D eigenvalue weighted by Gasteiger charge is -2.27. The highest BCUT2D eigenvalue weighted by atomic mass is 19.3. The number of hydrogen-bond acceptors (Lipinski definition) is 4. The lowest BCUT2D eigenvalue weighted by atomic mass is 9.86. The number of nitrogens with one attached hydrogen (secondary N) is 3. The number of methoxy groups -OCH3 is 1. The van der Waals surface area contributed by atoms with Crippen LogP contribution in [0.2, 0.25) is 0 Å². The Morgan fingerprint density at radius 2 is 1.93 bits per heavy atom. The lowest BCUT2D eigenvalue weighted by Crippen LogP contribution is -2.32.